The third-order valence-electron chi connectivity index (χ3n) is 2.77. The van der Waals surface area contributed by atoms with Gasteiger partial charge in [0.1, 0.15) is 6.29 Å². The molecule has 0 bridgehead atoms. The average Bonchev–Trinajstić information content (AvgIpc) is 2.29. The molecule has 1 aromatic rings. The maximum absolute atomic E-state index is 11.3. The number of aliphatic hydroxyl groups excluding tert-OH is 1. The number of carbonyl (C=O) groups excluding carboxylic acids is 1. The van der Waals surface area contributed by atoms with E-state index in [2.05, 4.69) is 0 Å². The van der Waals surface area contributed by atoms with Gasteiger partial charge in [0, 0.05) is 12.6 Å². The summed E-state index contributed by atoms with van der Waals surface area (Å²) in [4.78, 5) is 13.3. The van der Waals surface area contributed by atoms with Crippen molar-refractivity contribution >= 4 is 6.29 Å². The fourth-order valence-corrected chi connectivity index (χ4v) is 1.95. The fraction of sp³-hybridized carbons (Fsp3) is 0.500. The van der Waals surface area contributed by atoms with Gasteiger partial charge in [0.05, 0.1) is 12.1 Å². The number of carbonyl (C=O) groups is 1. The van der Waals surface area contributed by atoms with Crippen LogP contribution in [-0.2, 0) is 4.79 Å². The molecule has 0 radical (unpaired) electrons. The van der Waals surface area contributed by atoms with Crippen LogP contribution in [0, 0.1) is 0 Å². The van der Waals surface area contributed by atoms with Crippen molar-refractivity contribution in [1.82, 2.24) is 4.90 Å². The molecule has 0 aromatic heterocycles. The first kappa shape index (κ1) is 13.9. The summed E-state index contributed by atoms with van der Waals surface area (Å²) in [6, 6.07) is 9.58. The van der Waals surface area contributed by atoms with E-state index in [9.17, 15) is 9.90 Å². The van der Waals surface area contributed by atoms with E-state index in [1.165, 1.54) is 0 Å². The highest BCUT2D eigenvalue weighted by atomic mass is 16.3. The summed E-state index contributed by atoms with van der Waals surface area (Å²) in [5.74, 6) is 0. The standard InChI is InChI=1S/C14H21NO2/c1-11(2)15(9-12(3)17)14(10-16)13-7-5-4-6-8-13/h4-8,10-12,14,17H,9H2,1-3H3/t12-,14+/m1/s1. The lowest BCUT2D eigenvalue weighted by atomic mass is 10.0. The Bertz CT molecular complexity index is 335. The number of rotatable bonds is 6. The Hall–Kier alpha value is -1.19. The molecule has 0 fully saturated rings. The predicted octanol–water partition coefficient (Wildman–Crippen LogP) is 2.02. The van der Waals surface area contributed by atoms with Crippen molar-refractivity contribution in [3.8, 4) is 0 Å². The van der Waals surface area contributed by atoms with Crippen molar-refractivity contribution in [2.24, 2.45) is 0 Å². The maximum Gasteiger partial charge on any atom is 0.141 e. The molecule has 17 heavy (non-hydrogen) atoms. The quantitative estimate of drug-likeness (QED) is 0.767. The van der Waals surface area contributed by atoms with Gasteiger partial charge in [-0.2, -0.15) is 0 Å². The van der Waals surface area contributed by atoms with Gasteiger partial charge in [-0.25, -0.2) is 0 Å². The third kappa shape index (κ3) is 3.95. The van der Waals surface area contributed by atoms with Gasteiger partial charge in [0.2, 0.25) is 0 Å². The summed E-state index contributed by atoms with van der Waals surface area (Å²) in [5, 5.41) is 9.51. The minimum Gasteiger partial charge on any atom is -0.392 e. The van der Waals surface area contributed by atoms with Crippen LogP contribution < -0.4 is 0 Å². The van der Waals surface area contributed by atoms with Crippen LogP contribution in [0.3, 0.4) is 0 Å². The second-order valence-corrected chi connectivity index (χ2v) is 4.63. The maximum atomic E-state index is 11.3. The van der Waals surface area contributed by atoms with E-state index in [4.69, 9.17) is 0 Å². The smallest absolute Gasteiger partial charge is 0.141 e. The number of hydrogen-bond donors (Lipinski definition) is 1. The molecule has 1 rings (SSSR count). The average molecular weight is 235 g/mol. The van der Waals surface area contributed by atoms with Crippen molar-refractivity contribution in [2.75, 3.05) is 6.54 Å². The fourth-order valence-electron chi connectivity index (χ4n) is 1.95. The minimum absolute atomic E-state index is 0.208. The number of aldehydes is 1. The first-order valence-electron chi connectivity index (χ1n) is 6.00. The Morgan fingerprint density at radius 3 is 2.24 bits per heavy atom. The number of nitrogens with zero attached hydrogens (tertiary/aromatic N) is 1. The van der Waals surface area contributed by atoms with Gasteiger partial charge in [-0.3, -0.25) is 4.90 Å². The lowest BCUT2D eigenvalue weighted by Crippen LogP contribution is -2.40. The highest BCUT2D eigenvalue weighted by molar-refractivity contribution is 5.61. The van der Waals surface area contributed by atoms with Gasteiger partial charge < -0.3 is 9.90 Å². The Kier molecular flexibility index (Phi) is 5.32. The van der Waals surface area contributed by atoms with Crippen LogP contribution in [0.1, 0.15) is 32.4 Å². The van der Waals surface area contributed by atoms with Gasteiger partial charge in [-0.1, -0.05) is 30.3 Å². The zero-order valence-corrected chi connectivity index (χ0v) is 10.7. The molecule has 0 spiro atoms. The van der Waals surface area contributed by atoms with Crippen LogP contribution in [0.5, 0.6) is 0 Å². The minimum atomic E-state index is -0.441. The Balaban J connectivity index is 2.93. The number of hydrogen-bond acceptors (Lipinski definition) is 3. The summed E-state index contributed by atoms with van der Waals surface area (Å²) >= 11 is 0. The van der Waals surface area contributed by atoms with Gasteiger partial charge in [0.15, 0.2) is 0 Å². The second kappa shape index (κ2) is 6.52. The summed E-state index contributed by atoms with van der Waals surface area (Å²) in [7, 11) is 0. The topological polar surface area (TPSA) is 40.5 Å². The summed E-state index contributed by atoms with van der Waals surface area (Å²) in [5.41, 5.74) is 0.969. The van der Waals surface area contributed by atoms with Crippen LogP contribution in [0.15, 0.2) is 30.3 Å². The monoisotopic (exact) mass is 235 g/mol. The molecular weight excluding hydrogens is 214 g/mol. The van der Waals surface area contributed by atoms with Crippen molar-refractivity contribution in [3.63, 3.8) is 0 Å². The lowest BCUT2D eigenvalue weighted by Gasteiger charge is -2.32. The van der Waals surface area contributed by atoms with Crippen LogP contribution in [0.25, 0.3) is 0 Å². The Morgan fingerprint density at radius 1 is 1.24 bits per heavy atom. The van der Waals surface area contributed by atoms with E-state index in [0.29, 0.717) is 6.54 Å². The molecular formula is C14H21NO2. The van der Waals surface area contributed by atoms with E-state index >= 15 is 0 Å². The SMILES string of the molecule is CC(C)N(C[C@@H](C)O)[C@@H](C=O)c1ccccc1. The second-order valence-electron chi connectivity index (χ2n) is 4.63. The van der Waals surface area contributed by atoms with E-state index in [0.717, 1.165) is 11.8 Å². The summed E-state index contributed by atoms with van der Waals surface area (Å²) in [6.07, 6.45) is 0.501. The highest BCUT2D eigenvalue weighted by Crippen LogP contribution is 2.21. The molecule has 0 aliphatic rings. The normalized spacial score (nSPS) is 14.9. The van der Waals surface area contributed by atoms with Crippen molar-refractivity contribution in [1.29, 1.82) is 0 Å². The molecule has 0 aliphatic carbocycles. The zero-order valence-electron chi connectivity index (χ0n) is 10.7. The predicted molar refractivity (Wildman–Crippen MR) is 68.8 cm³/mol. The van der Waals surface area contributed by atoms with Crippen molar-refractivity contribution < 1.29 is 9.90 Å². The Morgan fingerprint density at radius 2 is 1.82 bits per heavy atom. The van der Waals surface area contributed by atoms with Crippen molar-refractivity contribution in [2.45, 2.75) is 39.0 Å². The molecule has 0 saturated carbocycles. The zero-order chi connectivity index (χ0) is 12.8. The lowest BCUT2D eigenvalue weighted by molar-refractivity contribution is -0.113. The molecule has 0 aliphatic heterocycles. The van der Waals surface area contributed by atoms with Crippen molar-refractivity contribution in [3.05, 3.63) is 35.9 Å². The van der Waals surface area contributed by atoms with Gasteiger partial charge in [0.25, 0.3) is 0 Å². The highest BCUT2D eigenvalue weighted by Gasteiger charge is 2.23. The molecule has 0 heterocycles. The molecule has 1 N–H and O–H groups in total. The number of aliphatic hydroxyl groups is 1. The first-order chi connectivity index (χ1) is 8.06. The number of benzene rings is 1. The molecule has 1 aromatic carbocycles. The first-order valence-corrected chi connectivity index (χ1v) is 6.00. The van der Waals surface area contributed by atoms with Gasteiger partial charge >= 0.3 is 0 Å². The molecule has 2 atom stereocenters. The van der Waals surface area contributed by atoms with E-state index in [1.807, 2.05) is 49.1 Å². The summed E-state index contributed by atoms with van der Waals surface area (Å²) in [6.45, 7) is 6.29. The largest absolute Gasteiger partial charge is 0.392 e. The van der Waals surface area contributed by atoms with Gasteiger partial charge in [-0.05, 0) is 26.3 Å². The third-order valence-corrected chi connectivity index (χ3v) is 2.77. The van der Waals surface area contributed by atoms with E-state index in [-0.39, 0.29) is 12.1 Å². The summed E-state index contributed by atoms with van der Waals surface area (Å²) < 4.78 is 0. The van der Waals surface area contributed by atoms with E-state index < -0.39 is 6.10 Å². The van der Waals surface area contributed by atoms with Crippen LogP contribution in [0.4, 0.5) is 0 Å². The molecule has 0 amide bonds. The molecule has 3 heteroatoms. The van der Waals surface area contributed by atoms with Crippen LogP contribution in [0.2, 0.25) is 0 Å². The van der Waals surface area contributed by atoms with Crippen LogP contribution in [-0.4, -0.2) is 35.0 Å². The van der Waals surface area contributed by atoms with Crippen LogP contribution >= 0.6 is 0 Å². The van der Waals surface area contributed by atoms with E-state index in [1.54, 1.807) is 6.92 Å². The molecule has 3 nitrogen and oxygen atoms in total. The Labute approximate surface area is 103 Å². The molecule has 0 unspecified atom stereocenters. The molecule has 94 valence electrons. The molecule has 0 saturated heterocycles. The van der Waals surface area contributed by atoms with Gasteiger partial charge in [-0.15, -0.1) is 0 Å².